The number of sulfonamides is 1. The molecule has 1 N–H and O–H groups in total. The van der Waals surface area contributed by atoms with Gasteiger partial charge in [-0.15, -0.1) is 0 Å². The summed E-state index contributed by atoms with van der Waals surface area (Å²) in [6, 6.07) is 28.3. The summed E-state index contributed by atoms with van der Waals surface area (Å²) in [7, 11) is -2.51. The summed E-state index contributed by atoms with van der Waals surface area (Å²) < 4.78 is 34.5. The minimum atomic E-state index is -4.04. The van der Waals surface area contributed by atoms with Crippen LogP contribution in [-0.2, 0) is 16.6 Å². The molecule has 0 spiro atoms. The van der Waals surface area contributed by atoms with Crippen LogP contribution in [0.4, 0.5) is 11.4 Å². The first-order valence-corrected chi connectivity index (χ1v) is 13.9. The molecule has 7 heteroatoms. The Kier molecular flexibility index (Phi) is 8.17. The summed E-state index contributed by atoms with van der Waals surface area (Å²) >= 11 is 0. The maximum absolute atomic E-state index is 14.0. The molecule has 0 saturated carbocycles. The van der Waals surface area contributed by atoms with E-state index in [0.717, 1.165) is 22.4 Å². The minimum Gasteiger partial charge on any atom is -0.497 e. The number of rotatable bonds is 9. The van der Waals surface area contributed by atoms with E-state index in [2.05, 4.69) is 19.2 Å². The third kappa shape index (κ3) is 5.73. The smallest absolute Gasteiger partial charge is 0.264 e. The zero-order chi connectivity index (χ0) is 27.3. The van der Waals surface area contributed by atoms with E-state index in [1.54, 1.807) is 36.4 Å². The van der Waals surface area contributed by atoms with Gasteiger partial charge in [-0.3, -0.25) is 9.10 Å². The molecule has 4 aromatic rings. The van der Waals surface area contributed by atoms with Crippen molar-refractivity contribution in [2.24, 2.45) is 0 Å². The van der Waals surface area contributed by atoms with Crippen molar-refractivity contribution in [3.8, 4) is 5.75 Å². The number of ether oxygens (including phenoxy) is 1. The molecule has 0 atom stereocenters. The number of nitrogens with one attached hydrogen (secondary N) is 1. The molecule has 0 unspecified atom stereocenters. The van der Waals surface area contributed by atoms with Gasteiger partial charge in [0.2, 0.25) is 0 Å². The van der Waals surface area contributed by atoms with Gasteiger partial charge >= 0.3 is 0 Å². The van der Waals surface area contributed by atoms with Gasteiger partial charge in [-0.2, -0.15) is 0 Å². The summed E-state index contributed by atoms with van der Waals surface area (Å²) in [5.74, 6) is 0.378. The fourth-order valence-corrected chi connectivity index (χ4v) is 5.80. The normalized spacial score (nSPS) is 11.3. The standard InChI is InChI=1S/C31H32N2O4S/c1-22(2)27-15-10-11-23(3)30(27)32-31(34)28-14-8-9-16-29(28)33(21-24-12-6-5-7-13-24)38(35,36)26-19-17-25(37-4)18-20-26/h5-20,22H,21H2,1-4H3,(H,32,34). The number of hydrogen-bond acceptors (Lipinski definition) is 4. The Bertz CT molecular complexity index is 1520. The van der Waals surface area contributed by atoms with Gasteiger partial charge in [0.05, 0.1) is 29.8 Å². The van der Waals surface area contributed by atoms with Gasteiger partial charge in [-0.25, -0.2) is 8.42 Å². The minimum absolute atomic E-state index is 0.0567. The average molecular weight is 529 g/mol. The largest absolute Gasteiger partial charge is 0.497 e. The molecular formula is C31H32N2O4S. The Morgan fingerprint density at radius 2 is 1.53 bits per heavy atom. The molecule has 0 aliphatic rings. The SMILES string of the molecule is COc1ccc(S(=O)(=O)N(Cc2ccccc2)c2ccccc2C(=O)Nc2c(C)cccc2C(C)C)cc1. The maximum atomic E-state index is 14.0. The molecular weight excluding hydrogens is 496 g/mol. The number of hydrogen-bond donors (Lipinski definition) is 1. The van der Waals surface area contributed by atoms with Crippen molar-refractivity contribution in [1.29, 1.82) is 0 Å². The number of nitrogens with zero attached hydrogens (tertiary/aromatic N) is 1. The summed E-state index contributed by atoms with van der Waals surface area (Å²) in [6.45, 7) is 6.15. The highest BCUT2D eigenvalue weighted by Gasteiger charge is 2.29. The van der Waals surface area contributed by atoms with E-state index in [1.165, 1.54) is 23.5 Å². The van der Waals surface area contributed by atoms with Crippen LogP contribution in [0.25, 0.3) is 0 Å². The van der Waals surface area contributed by atoms with Gasteiger partial charge in [0, 0.05) is 5.69 Å². The van der Waals surface area contributed by atoms with Gasteiger partial charge in [-0.05, 0) is 65.9 Å². The third-order valence-corrected chi connectivity index (χ3v) is 8.17. The van der Waals surface area contributed by atoms with Crippen LogP contribution in [0, 0.1) is 6.92 Å². The highest BCUT2D eigenvalue weighted by molar-refractivity contribution is 7.92. The monoisotopic (exact) mass is 528 g/mol. The van der Waals surface area contributed by atoms with Crippen LogP contribution in [0.15, 0.2) is 102 Å². The van der Waals surface area contributed by atoms with Crippen molar-refractivity contribution < 1.29 is 17.9 Å². The van der Waals surface area contributed by atoms with E-state index in [9.17, 15) is 13.2 Å². The molecule has 0 fully saturated rings. The van der Waals surface area contributed by atoms with E-state index >= 15 is 0 Å². The fraction of sp³-hybridized carbons (Fsp3) is 0.194. The van der Waals surface area contributed by atoms with Gasteiger partial charge in [0.25, 0.3) is 15.9 Å². The molecule has 0 radical (unpaired) electrons. The summed E-state index contributed by atoms with van der Waals surface area (Å²) in [5, 5.41) is 3.06. The molecule has 0 bridgehead atoms. The zero-order valence-corrected chi connectivity index (χ0v) is 22.8. The summed E-state index contributed by atoms with van der Waals surface area (Å²) in [6.07, 6.45) is 0. The second-order valence-corrected chi connectivity index (χ2v) is 11.2. The van der Waals surface area contributed by atoms with Gasteiger partial charge < -0.3 is 10.1 Å². The van der Waals surface area contributed by atoms with Crippen molar-refractivity contribution in [2.45, 2.75) is 38.1 Å². The number of aryl methyl sites for hydroxylation is 1. The molecule has 0 heterocycles. The molecule has 6 nitrogen and oxygen atoms in total. The van der Waals surface area contributed by atoms with E-state index in [-0.39, 0.29) is 28.8 Å². The van der Waals surface area contributed by atoms with Crippen molar-refractivity contribution in [3.63, 3.8) is 0 Å². The summed E-state index contributed by atoms with van der Waals surface area (Å²) in [4.78, 5) is 13.8. The first kappa shape index (κ1) is 26.9. The lowest BCUT2D eigenvalue weighted by molar-refractivity contribution is 0.102. The first-order valence-electron chi connectivity index (χ1n) is 12.4. The number of amides is 1. The molecule has 0 aliphatic heterocycles. The molecule has 4 rings (SSSR count). The topological polar surface area (TPSA) is 75.7 Å². The molecule has 1 amide bonds. The lowest BCUT2D eigenvalue weighted by Crippen LogP contribution is -2.32. The van der Waals surface area contributed by atoms with Gasteiger partial charge in [0.1, 0.15) is 5.75 Å². The fourth-order valence-electron chi connectivity index (χ4n) is 4.33. The summed E-state index contributed by atoms with van der Waals surface area (Å²) in [5.41, 5.74) is 4.05. The second kappa shape index (κ2) is 11.5. The van der Waals surface area contributed by atoms with Crippen molar-refractivity contribution in [1.82, 2.24) is 0 Å². The van der Waals surface area contributed by atoms with Crippen LogP contribution in [-0.4, -0.2) is 21.4 Å². The van der Waals surface area contributed by atoms with Crippen molar-refractivity contribution in [3.05, 3.63) is 119 Å². The second-order valence-electron chi connectivity index (χ2n) is 9.34. The number of anilines is 2. The maximum Gasteiger partial charge on any atom is 0.264 e. The molecule has 0 aliphatic carbocycles. The number of para-hydroxylation sites is 2. The van der Waals surface area contributed by atoms with Crippen LogP contribution in [0.5, 0.6) is 5.75 Å². The van der Waals surface area contributed by atoms with Crippen molar-refractivity contribution in [2.75, 3.05) is 16.7 Å². The highest BCUT2D eigenvalue weighted by Crippen LogP contribution is 2.32. The van der Waals surface area contributed by atoms with Crippen LogP contribution in [0.2, 0.25) is 0 Å². The molecule has 0 aromatic heterocycles. The Morgan fingerprint density at radius 1 is 0.868 bits per heavy atom. The predicted molar refractivity (Wildman–Crippen MR) is 152 cm³/mol. The number of benzene rings is 4. The Balaban J connectivity index is 1.81. The Hall–Kier alpha value is -4.10. The quantitative estimate of drug-likeness (QED) is 0.260. The van der Waals surface area contributed by atoms with Crippen LogP contribution in [0.3, 0.4) is 0 Å². The first-order chi connectivity index (χ1) is 18.2. The van der Waals surface area contributed by atoms with Gasteiger partial charge in [0.15, 0.2) is 0 Å². The Morgan fingerprint density at radius 3 is 2.18 bits per heavy atom. The van der Waals surface area contributed by atoms with E-state index in [1.807, 2.05) is 55.5 Å². The predicted octanol–water partition coefficient (Wildman–Crippen LogP) is 6.77. The molecule has 38 heavy (non-hydrogen) atoms. The molecule has 196 valence electrons. The number of methoxy groups -OCH3 is 1. The van der Waals surface area contributed by atoms with Crippen LogP contribution < -0.4 is 14.4 Å². The van der Waals surface area contributed by atoms with E-state index in [0.29, 0.717) is 11.4 Å². The number of carbonyl (C=O) groups is 1. The van der Waals surface area contributed by atoms with Crippen molar-refractivity contribution >= 4 is 27.3 Å². The van der Waals surface area contributed by atoms with Crippen LogP contribution >= 0.6 is 0 Å². The molecule has 4 aromatic carbocycles. The number of carbonyl (C=O) groups excluding carboxylic acids is 1. The lowest BCUT2D eigenvalue weighted by atomic mass is 9.98. The zero-order valence-electron chi connectivity index (χ0n) is 22.0. The Labute approximate surface area is 225 Å². The van der Waals surface area contributed by atoms with E-state index in [4.69, 9.17) is 4.74 Å². The molecule has 0 saturated heterocycles. The lowest BCUT2D eigenvalue weighted by Gasteiger charge is -2.27. The van der Waals surface area contributed by atoms with Crippen LogP contribution in [0.1, 0.15) is 46.8 Å². The van der Waals surface area contributed by atoms with Gasteiger partial charge in [-0.1, -0.05) is 74.5 Å². The van der Waals surface area contributed by atoms with E-state index < -0.39 is 10.0 Å². The average Bonchev–Trinajstić information content (AvgIpc) is 2.93. The highest BCUT2D eigenvalue weighted by atomic mass is 32.2. The third-order valence-electron chi connectivity index (χ3n) is 6.40.